The van der Waals surface area contributed by atoms with Gasteiger partial charge in [-0.05, 0) is 25.7 Å². The molecule has 0 amide bonds. The van der Waals surface area contributed by atoms with Crippen molar-refractivity contribution in [1.29, 1.82) is 0 Å². The largest absolute Gasteiger partial charge is 0.416 e. The molecule has 1 unspecified atom stereocenters. The second-order valence-electron chi connectivity index (χ2n) is 5.92. The third kappa shape index (κ3) is 5.07. The zero-order valence-electron chi connectivity index (χ0n) is 13.4. The molecule has 0 saturated carbocycles. The van der Waals surface area contributed by atoms with E-state index in [0.717, 1.165) is 6.42 Å². The van der Waals surface area contributed by atoms with Gasteiger partial charge in [-0.15, -0.1) is 0 Å². The Morgan fingerprint density at radius 3 is 1.83 bits per heavy atom. The molecule has 0 aliphatic rings. The number of nitro groups is 2. The van der Waals surface area contributed by atoms with Crippen LogP contribution in [0.2, 0.25) is 0 Å². The van der Waals surface area contributed by atoms with Gasteiger partial charge in [0.2, 0.25) is 0 Å². The Kier molecular flexibility index (Phi) is 6.10. The molecule has 134 valence electrons. The normalized spacial score (nSPS) is 13.0. The lowest BCUT2D eigenvalue weighted by molar-refractivity contribution is -0.392. The number of anilines is 1. The monoisotopic (exact) mass is 349 g/mol. The van der Waals surface area contributed by atoms with Gasteiger partial charge in [0.15, 0.2) is 5.69 Å². The fourth-order valence-electron chi connectivity index (χ4n) is 2.11. The summed E-state index contributed by atoms with van der Waals surface area (Å²) in [4.78, 5) is 20.1. The molecule has 0 aliphatic carbocycles. The van der Waals surface area contributed by atoms with Gasteiger partial charge in [0, 0.05) is 18.2 Å². The van der Waals surface area contributed by atoms with Crippen molar-refractivity contribution in [3.63, 3.8) is 0 Å². The predicted molar refractivity (Wildman–Crippen MR) is 81.9 cm³/mol. The average molecular weight is 349 g/mol. The van der Waals surface area contributed by atoms with Gasteiger partial charge in [0.1, 0.15) is 0 Å². The Bertz CT molecular complexity index is 597. The highest BCUT2D eigenvalue weighted by Gasteiger charge is 2.37. The highest BCUT2D eigenvalue weighted by molar-refractivity contribution is 5.75. The molecular formula is C14H18F3N3O4. The van der Waals surface area contributed by atoms with Gasteiger partial charge >= 0.3 is 6.18 Å². The minimum atomic E-state index is -4.92. The number of hydrogen-bond donors (Lipinski definition) is 1. The third-order valence-corrected chi connectivity index (χ3v) is 3.39. The molecule has 10 heteroatoms. The van der Waals surface area contributed by atoms with Gasteiger partial charge in [0.05, 0.1) is 15.4 Å². The summed E-state index contributed by atoms with van der Waals surface area (Å²) in [5.74, 6) is 0.354. The van der Waals surface area contributed by atoms with E-state index in [1.807, 2.05) is 13.8 Å². The van der Waals surface area contributed by atoms with Crippen LogP contribution >= 0.6 is 0 Å². The number of alkyl halides is 3. The Balaban J connectivity index is 3.35. The lowest BCUT2D eigenvalue weighted by Crippen LogP contribution is -2.18. The van der Waals surface area contributed by atoms with Crippen LogP contribution in [0.4, 0.5) is 30.2 Å². The van der Waals surface area contributed by atoms with Crippen molar-refractivity contribution < 1.29 is 23.0 Å². The number of nitrogens with zero attached hydrogens (tertiary/aromatic N) is 2. The summed E-state index contributed by atoms with van der Waals surface area (Å²) in [7, 11) is 0. The van der Waals surface area contributed by atoms with E-state index < -0.39 is 38.6 Å². The van der Waals surface area contributed by atoms with Gasteiger partial charge in [-0.2, -0.15) is 13.2 Å². The number of nitro benzene ring substituents is 2. The first-order chi connectivity index (χ1) is 10.9. The van der Waals surface area contributed by atoms with E-state index in [9.17, 15) is 33.4 Å². The fourth-order valence-corrected chi connectivity index (χ4v) is 2.11. The van der Waals surface area contributed by atoms with Crippen molar-refractivity contribution in [3.8, 4) is 0 Å². The number of hydrogen-bond acceptors (Lipinski definition) is 5. The van der Waals surface area contributed by atoms with E-state index >= 15 is 0 Å². The van der Waals surface area contributed by atoms with Crippen molar-refractivity contribution in [2.24, 2.45) is 5.92 Å². The van der Waals surface area contributed by atoms with E-state index in [-0.39, 0.29) is 6.04 Å². The Morgan fingerprint density at radius 2 is 1.50 bits per heavy atom. The van der Waals surface area contributed by atoms with Crippen molar-refractivity contribution in [1.82, 2.24) is 0 Å². The molecule has 0 fully saturated rings. The summed E-state index contributed by atoms with van der Waals surface area (Å²) in [6.07, 6.45) is -3.60. The first-order valence-electron chi connectivity index (χ1n) is 7.24. The van der Waals surface area contributed by atoms with Crippen LogP contribution in [-0.2, 0) is 6.18 Å². The van der Waals surface area contributed by atoms with Crippen LogP contribution in [-0.4, -0.2) is 15.9 Å². The maximum absolute atomic E-state index is 12.8. The lowest BCUT2D eigenvalue weighted by atomic mass is 10.0. The number of nitrogens with one attached hydrogen (secondary N) is 1. The van der Waals surface area contributed by atoms with Crippen molar-refractivity contribution >= 4 is 17.1 Å². The average Bonchev–Trinajstić information content (AvgIpc) is 2.43. The van der Waals surface area contributed by atoms with Gasteiger partial charge in [-0.3, -0.25) is 20.2 Å². The molecule has 1 atom stereocenters. The second-order valence-corrected chi connectivity index (χ2v) is 5.92. The first-order valence-corrected chi connectivity index (χ1v) is 7.24. The zero-order chi connectivity index (χ0) is 18.7. The quantitative estimate of drug-likeness (QED) is 0.565. The topological polar surface area (TPSA) is 98.3 Å². The lowest BCUT2D eigenvalue weighted by Gasteiger charge is -2.17. The third-order valence-electron chi connectivity index (χ3n) is 3.39. The summed E-state index contributed by atoms with van der Waals surface area (Å²) in [5, 5.41) is 24.8. The van der Waals surface area contributed by atoms with Crippen molar-refractivity contribution in [2.45, 2.75) is 45.8 Å². The van der Waals surface area contributed by atoms with Crippen molar-refractivity contribution in [2.75, 3.05) is 5.32 Å². The van der Waals surface area contributed by atoms with Gasteiger partial charge < -0.3 is 5.32 Å². The highest BCUT2D eigenvalue weighted by atomic mass is 19.4. The van der Waals surface area contributed by atoms with Gasteiger partial charge in [0.25, 0.3) is 11.4 Å². The molecule has 0 bridgehead atoms. The van der Waals surface area contributed by atoms with Crippen LogP contribution in [0.15, 0.2) is 12.1 Å². The smallest absolute Gasteiger partial charge is 0.371 e. The zero-order valence-corrected chi connectivity index (χ0v) is 13.4. The molecule has 0 heterocycles. The molecule has 0 spiro atoms. The fraction of sp³-hybridized carbons (Fsp3) is 0.571. The van der Waals surface area contributed by atoms with Crippen molar-refractivity contribution in [3.05, 3.63) is 37.9 Å². The van der Waals surface area contributed by atoms with Gasteiger partial charge in [-0.25, -0.2) is 0 Å². The maximum Gasteiger partial charge on any atom is 0.416 e. The van der Waals surface area contributed by atoms with E-state index in [1.54, 1.807) is 6.92 Å². The molecule has 1 aromatic carbocycles. The maximum atomic E-state index is 12.8. The second kappa shape index (κ2) is 7.45. The first kappa shape index (κ1) is 19.7. The summed E-state index contributed by atoms with van der Waals surface area (Å²) >= 11 is 0. The van der Waals surface area contributed by atoms with Crippen LogP contribution in [0.3, 0.4) is 0 Å². The Hall–Kier alpha value is -2.39. The molecule has 1 N–H and O–H groups in total. The van der Waals surface area contributed by atoms with E-state index in [0.29, 0.717) is 24.5 Å². The Morgan fingerprint density at radius 1 is 1.04 bits per heavy atom. The number of rotatable bonds is 7. The predicted octanol–water partition coefficient (Wildman–Crippen LogP) is 4.76. The molecule has 0 aliphatic heterocycles. The Labute approximate surface area is 136 Å². The van der Waals surface area contributed by atoms with Crippen LogP contribution in [0, 0.1) is 26.1 Å². The minimum Gasteiger partial charge on any atom is -0.371 e. The molecule has 1 aromatic rings. The molecule has 0 saturated heterocycles. The number of benzene rings is 1. The standard InChI is InChI=1S/C14H18F3N3O4/c1-8(2)4-5-9(3)18-13-11(19(21)22)6-10(14(15,16)17)7-12(13)20(23)24/h6-9,18H,4-5H2,1-3H3. The highest BCUT2D eigenvalue weighted by Crippen LogP contribution is 2.41. The summed E-state index contributed by atoms with van der Waals surface area (Å²) in [5.41, 5.74) is -3.86. The molecule has 24 heavy (non-hydrogen) atoms. The van der Waals surface area contributed by atoms with E-state index in [2.05, 4.69) is 5.32 Å². The minimum absolute atomic E-state index is 0.310. The SMILES string of the molecule is CC(C)CCC(C)Nc1c([N+](=O)[O-])cc(C(F)(F)F)cc1[N+](=O)[O-]. The van der Waals surface area contributed by atoms with Crippen LogP contribution in [0.1, 0.15) is 39.2 Å². The number of halogens is 3. The van der Waals surface area contributed by atoms with Crippen LogP contribution in [0.5, 0.6) is 0 Å². The summed E-state index contributed by atoms with van der Waals surface area (Å²) in [6.45, 7) is 5.60. The molecule has 7 nitrogen and oxygen atoms in total. The molecular weight excluding hydrogens is 331 g/mol. The van der Waals surface area contributed by atoms with E-state index in [1.165, 1.54) is 0 Å². The summed E-state index contributed by atoms with van der Waals surface area (Å²) in [6, 6.07) is 0.246. The summed E-state index contributed by atoms with van der Waals surface area (Å²) < 4.78 is 38.4. The molecule has 1 rings (SSSR count). The van der Waals surface area contributed by atoms with Crippen LogP contribution < -0.4 is 5.32 Å². The molecule has 0 aromatic heterocycles. The van der Waals surface area contributed by atoms with E-state index in [4.69, 9.17) is 0 Å². The van der Waals surface area contributed by atoms with Crippen LogP contribution in [0.25, 0.3) is 0 Å². The van der Waals surface area contributed by atoms with Gasteiger partial charge in [-0.1, -0.05) is 13.8 Å². The molecule has 0 radical (unpaired) electrons.